The highest BCUT2D eigenvalue weighted by atomic mass is 16.2. The van der Waals surface area contributed by atoms with Gasteiger partial charge in [0.1, 0.15) is 0 Å². The maximum atomic E-state index is 11.9. The first-order valence-electron chi connectivity index (χ1n) is 7.14. The summed E-state index contributed by atoms with van der Waals surface area (Å²) < 4.78 is 1.82. The normalized spacial score (nSPS) is 15.8. The van der Waals surface area contributed by atoms with Crippen LogP contribution >= 0.6 is 0 Å². The Labute approximate surface area is 115 Å². The van der Waals surface area contributed by atoms with Crippen LogP contribution in [0.3, 0.4) is 0 Å². The van der Waals surface area contributed by atoms with Crippen molar-refractivity contribution in [2.45, 2.75) is 39.2 Å². The van der Waals surface area contributed by atoms with Crippen LogP contribution < -0.4 is 5.32 Å². The number of aryl methyl sites for hydroxylation is 2. The number of hydrogen-bond acceptors (Lipinski definition) is 3. The van der Waals surface area contributed by atoms with Crippen LogP contribution in [0.15, 0.2) is 6.20 Å². The molecule has 1 aromatic rings. The highest BCUT2D eigenvalue weighted by molar-refractivity contribution is 5.76. The molecule has 0 radical (unpaired) electrons. The predicted molar refractivity (Wildman–Crippen MR) is 74.7 cm³/mol. The van der Waals surface area contributed by atoms with Gasteiger partial charge >= 0.3 is 0 Å². The molecule has 0 unspecified atom stereocenters. The third kappa shape index (κ3) is 4.06. The minimum absolute atomic E-state index is 0.287. The van der Waals surface area contributed by atoms with Crippen molar-refractivity contribution in [1.29, 1.82) is 0 Å². The molecule has 0 aliphatic carbocycles. The van der Waals surface area contributed by atoms with E-state index in [4.69, 9.17) is 0 Å². The topological polar surface area (TPSA) is 50.2 Å². The summed E-state index contributed by atoms with van der Waals surface area (Å²) in [5, 5.41) is 7.62. The van der Waals surface area contributed by atoms with Crippen molar-refractivity contribution in [3.63, 3.8) is 0 Å². The van der Waals surface area contributed by atoms with E-state index in [1.165, 1.54) is 12.0 Å². The predicted octanol–water partition coefficient (Wildman–Crippen LogP) is 1.22. The van der Waals surface area contributed by atoms with Crippen LogP contribution in [0.1, 0.15) is 36.9 Å². The van der Waals surface area contributed by atoms with Gasteiger partial charge < -0.3 is 10.2 Å². The van der Waals surface area contributed by atoms with Crippen LogP contribution in [-0.2, 0) is 18.4 Å². The standard InChI is InChI=1S/C14H24N4O/c1-12-13(11-17(2)16-12)10-15-7-6-14(19)18-8-4-3-5-9-18/h11,15H,3-10H2,1-2H3. The van der Waals surface area contributed by atoms with Gasteiger partial charge in [0.05, 0.1) is 5.69 Å². The smallest absolute Gasteiger partial charge is 0.223 e. The molecular weight excluding hydrogens is 240 g/mol. The van der Waals surface area contributed by atoms with Crippen molar-refractivity contribution in [2.75, 3.05) is 19.6 Å². The molecular formula is C14H24N4O. The van der Waals surface area contributed by atoms with E-state index in [-0.39, 0.29) is 5.91 Å². The lowest BCUT2D eigenvalue weighted by molar-refractivity contribution is -0.131. The first kappa shape index (κ1) is 14.1. The number of likely N-dealkylation sites (tertiary alicyclic amines) is 1. The fourth-order valence-electron chi connectivity index (χ4n) is 2.54. The van der Waals surface area contributed by atoms with Gasteiger partial charge in [0.25, 0.3) is 0 Å². The summed E-state index contributed by atoms with van der Waals surface area (Å²) in [5.74, 6) is 0.287. The zero-order chi connectivity index (χ0) is 13.7. The molecule has 0 bridgehead atoms. The number of nitrogens with zero attached hydrogens (tertiary/aromatic N) is 3. The molecule has 1 aromatic heterocycles. The molecule has 5 nitrogen and oxygen atoms in total. The van der Waals surface area contributed by atoms with Crippen molar-refractivity contribution in [3.05, 3.63) is 17.5 Å². The summed E-state index contributed by atoms with van der Waals surface area (Å²) in [6, 6.07) is 0. The second kappa shape index (κ2) is 6.70. The molecule has 19 heavy (non-hydrogen) atoms. The molecule has 1 amide bonds. The van der Waals surface area contributed by atoms with E-state index in [2.05, 4.69) is 10.4 Å². The minimum Gasteiger partial charge on any atom is -0.343 e. The highest BCUT2D eigenvalue weighted by Gasteiger charge is 2.15. The molecule has 1 fully saturated rings. The lowest BCUT2D eigenvalue weighted by Gasteiger charge is -2.26. The van der Waals surface area contributed by atoms with Crippen molar-refractivity contribution in [1.82, 2.24) is 20.0 Å². The van der Waals surface area contributed by atoms with E-state index in [1.54, 1.807) is 0 Å². The van der Waals surface area contributed by atoms with Gasteiger partial charge in [0.15, 0.2) is 0 Å². The molecule has 1 aliphatic rings. The first-order valence-corrected chi connectivity index (χ1v) is 7.14. The van der Waals surface area contributed by atoms with Crippen LogP contribution in [0.2, 0.25) is 0 Å². The highest BCUT2D eigenvalue weighted by Crippen LogP contribution is 2.09. The number of piperidine rings is 1. The number of carbonyl (C=O) groups is 1. The fourth-order valence-corrected chi connectivity index (χ4v) is 2.54. The lowest BCUT2D eigenvalue weighted by Crippen LogP contribution is -2.37. The second-order valence-corrected chi connectivity index (χ2v) is 5.28. The van der Waals surface area contributed by atoms with Crippen LogP contribution in [-0.4, -0.2) is 40.2 Å². The summed E-state index contributed by atoms with van der Waals surface area (Å²) in [6.07, 6.45) is 6.21. The van der Waals surface area contributed by atoms with Gasteiger partial charge in [0, 0.05) is 51.4 Å². The second-order valence-electron chi connectivity index (χ2n) is 5.28. The van der Waals surface area contributed by atoms with Gasteiger partial charge in [-0.05, 0) is 26.2 Å². The van der Waals surface area contributed by atoms with Gasteiger partial charge in [-0.3, -0.25) is 9.48 Å². The quantitative estimate of drug-likeness (QED) is 0.814. The Kier molecular flexibility index (Phi) is 4.96. The summed E-state index contributed by atoms with van der Waals surface area (Å²) in [7, 11) is 1.93. The molecule has 106 valence electrons. The van der Waals surface area contributed by atoms with Gasteiger partial charge in [-0.15, -0.1) is 0 Å². The van der Waals surface area contributed by atoms with Crippen molar-refractivity contribution < 1.29 is 4.79 Å². The van der Waals surface area contributed by atoms with E-state index in [1.807, 2.05) is 29.7 Å². The van der Waals surface area contributed by atoms with Crippen molar-refractivity contribution >= 4 is 5.91 Å². The molecule has 1 N–H and O–H groups in total. The Balaban J connectivity index is 1.66. The fraction of sp³-hybridized carbons (Fsp3) is 0.714. The number of hydrogen-bond donors (Lipinski definition) is 1. The zero-order valence-electron chi connectivity index (χ0n) is 12.0. The van der Waals surface area contributed by atoms with Crippen LogP contribution in [0.5, 0.6) is 0 Å². The van der Waals surface area contributed by atoms with Gasteiger partial charge in [-0.1, -0.05) is 0 Å². The number of rotatable bonds is 5. The minimum atomic E-state index is 0.287. The van der Waals surface area contributed by atoms with E-state index in [0.717, 1.165) is 44.7 Å². The third-order valence-electron chi connectivity index (χ3n) is 3.65. The Bertz CT molecular complexity index is 421. The van der Waals surface area contributed by atoms with Crippen LogP contribution in [0.4, 0.5) is 0 Å². The summed E-state index contributed by atoms with van der Waals surface area (Å²) in [6.45, 7) is 5.42. The SMILES string of the molecule is Cc1nn(C)cc1CNCCC(=O)N1CCCCC1. The molecule has 1 aliphatic heterocycles. The average Bonchev–Trinajstić information content (AvgIpc) is 2.74. The van der Waals surface area contributed by atoms with Crippen LogP contribution in [0.25, 0.3) is 0 Å². The summed E-state index contributed by atoms with van der Waals surface area (Å²) >= 11 is 0. The number of aromatic nitrogens is 2. The molecule has 2 rings (SSSR count). The van der Waals surface area contributed by atoms with Gasteiger partial charge in [-0.25, -0.2) is 0 Å². The van der Waals surface area contributed by atoms with E-state index in [0.29, 0.717) is 6.42 Å². The molecule has 0 atom stereocenters. The van der Waals surface area contributed by atoms with E-state index >= 15 is 0 Å². The van der Waals surface area contributed by atoms with Crippen molar-refractivity contribution in [3.8, 4) is 0 Å². The molecule has 2 heterocycles. The molecule has 0 spiro atoms. The van der Waals surface area contributed by atoms with E-state index in [9.17, 15) is 4.79 Å². The number of nitrogens with one attached hydrogen (secondary N) is 1. The Morgan fingerprint density at radius 3 is 2.74 bits per heavy atom. The number of amides is 1. The molecule has 0 aromatic carbocycles. The maximum absolute atomic E-state index is 11.9. The molecule has 5 heteroatoms. The summed E-state index contributed by atoms with van der Waals surface area (Å²) in [4.78, 5) is 14.0. The van der Waals surface area contributed by atoms with Gasteiger partial charge in [0.2, 0.25) is 5.91 Å². The van der Waals surface area contributed by atoms with Crippen LogP contribution in [0, 0.1) is 6.92 Å². The number of carbonyl (C=O) groups excluding carboxylic acids is 1. The Hall–Kier alpha value is -1.36. The van der Waals surface area contributed by atoms with E-state index < -0.39 is 0 Å². The maximum Gasteiger partial charge on any atom is 0.223 e. The third-order valence-corrected chi connectivity index (χ3v) is 3.65. The average molecular weight is 264 g/mol. The molecule has 0 saturated carbocycles. The Morgan fingerprint density at radius 1 is 1.37 bits per heavy atom. The monoisotopic (exact) mass is 264 g/mol. The Morgan fingerprint density at radius 2 is 2.11 bits per heavy atom. The molecule has 1 saturated heterocycles. The summed E-state index contributed by atoms with van der Waals surface area (Å²) in [5.41, 5.74) is 2.25. The zero-order valence-corrected chi connectivity index (χ0v) is 12.0. The van der Waals surface area contributed by atoms with Crippen molar-refractivity contribution in [2.24, 2.45) is 7.05 Å². The van der Waals surface area contributed by atoms with Gasteiger partial charge in [-0.2, -0.15) is 5.10 Å². The largest absolute Gasteiger partial charge is 0.343 e. The first-order chi connectivity index (χ1) is 9.16. The lowest BCUT2D eigenvalue weighted by atomic mass is 10.1.